The fraction of sp³-hybridized carbons (Fsp3) is 0.286. The number of nitrogens with zero attached hydrogens (tertiary/aromatic N) is 1. The van der Waals surface area contributed by atoms with Crippen LogP contribution in [-0.2, 0) is 0 Å². The van der Waals surface area contributed by atoms with E-state index in [1.807, 2.05) is 6.92 Å². The highest BCUT2D eigenvalue weighted by Gasteiger charge is 2.14. The van der Waals surface area contributed by atoms with Gasteiger partial charge in [0.2, 0.25) is 0 Å². The number of carbonyl (C=O) groups is 1. The SMILES string of the molecule is CCOc1ccc2c(C(=O)NN(C)C)cc(=O)oc2c1. The van der Waals surface area contributed by atoms with Gasteiger partial charge in [0.15, 0.2) is 0 Å². The Labute approximate surface area is 115 Å². The molecule has 0 spiro atoms. The molecule has 0 saturated heterocycles. The normalized spacial score (nSPS) is 10.8. The van der Waals surface area contributed by atoms with Crippen molar-refractivity contribution >= 4 is 16.9 Å². The highest BCUT2D eigenvalue weighted by Crippen LogP contribution is 2.22. The average Bonchev–Trinajstić information content (AvgIpc) is 2.36. The van der Waals surface area contributed by atoms with E-state index in [9.17, 15) is 9.59 Å². The van der Waals surface area contributed by atoms with Crippen LogP contribution in [-0.4, -0.2) is 31.6 Å². The second-order valence-corrected chi connectivity index (χ2v) is 4.41. The summed E-state index contributed by atoms with van der Waals surface area (Å²) < 4.78 is 10.5. The summed E-state index contributed by atoms with van der Waals surface area (Å²) in [6.07, 6.45) is 0. The molecule has 1 amide bonds. The number of nitrogens with one attached hydrogen (secondary N) is 1. The molecule has 1 aromatic carbocycles. The number of rotatable bonds is 4. The van der Waals surface area contributed by atoms with Crippen molar-refractivity contribution < 1.29 is 13.9 Å². The summed E-state index contributed by atoms with van der Waals surface area (Å²) in [5.74, 6) is 0.227. The van der Waals surface area contributed by atoms with Gasteiger partial charge in [-0.3, -0.25) is 10.2 Å². The average molecular weight is 276 g/mol. The van der Waals surface area contributed by atoms with Crippen LogP contribution in [0, 0.1) is 0 Å². The molecule has 0 aliphatic rings. The van der Waals surface area contributed by atoms with Gasteiger partial charge in [-0.25, -0.2) is 9.80 Å². The van der Waals surface area contributed by atoms with Crippen molar-refractivity contribution in [3.63, 3.8) is 0 Å². The number of amides is 1. The lowest BCUT2D eigenvalue weighted by molar-refractivity contribution is 0.0858. The third kappa shape index (κ3) is 2.97. The van der Waals surface area contributed by atoms with Crippen molar-refractivity contribution in [2.75, 3.05) is 20.7 Å². The number of carbonyl (C=O) groups excluding carboxylic acids is 1. The first-order chi connectivity index (χ1) is 9.51. The van der Waals surface area contributed by atoms with E-state index in [1.54, 1.807) is 32.3 Å². The molecule has 0 radical (unpaired) electrons. The third-order valence-corrected chi connectivity index (χ3v) is 2.60. The second kappa shape index (κ2) is 5.75. The summed E-state index contributed by atoms with van der Waals surface area (Å²) in [4.78, 5) is 23.6. The molecule has 2 rings (SSSR count). The van der Waals surface area contributed by atoms with Gasteiger partial charge in [0, 0.05) is 31.6 Å². The smallest absolute Gasteiger partial charge is 0.337 e. The van der Waals surface area contributed by atoms with Gasteiger partial charge >= 0.3 is 5.63 Å². The van der Waals surface area contributed by atoms with Gasteiger partial charge in [-0.05, 0) is 19.1 Å². The minimum absolute atomic E-state index is 0.271. The van der Waals surface area contributed by atoms with Gasteiger partial charge in [-0.2, -0.15) is 0 Å². The maximum atomic E-state index is 12.1. The van der Waals surface area contributed by atoms with E-state index >= 15 is 0 Å². The number of ether oxygens (including phenoxy) is 1. The first-order valence-electron chi connectivity index (χ1n) is 6.20. The molecule has 0 saturated carbocycles. The van der Waals surface area contributed by atoms with Gasteiger partial charge in [-0.1, -0.05) is 0 Å². The first-order valence-corrected chi connectivity index (χ1v) is 6.20. The molecule has 6 heteroatoms. The fourth-order valence-corrected chi connectivity index (χ4v) is 1.85. The Kier molecular flexibility index (Phi) is 4.05. The number of hydrazine groups is 1. The lowest BCUT2D eigenvalue weighted by Gasteiger charge is -2.13. The zero-order chi connectivity index (χ0) is 14.7. The van der Waals surface area contributed by atoms with Crippen LogP contribution in [0.25, 0.3) is 11.0 Å². The van der Waals surface area contributed by atoms with E-state index in [4.69, 9.17) is 9.15 Å². The molecule has 1 N–H and O–H groups in total. The topological polar surface area (TPSA) is 71.8 Å². The zero-order valence-corrected chi connectivity index (χ0v) is 11.6. The number of hydrogen-bond donors (Lipinski definition) is 1. The van der Waals surface area contributed by atoms with Crippen LogP contribution in [0.1, 0.15) is 17.3 Å². The summed E-state index contributed by atoms with van der Waals surface area (Å²) in [6.45, 7) is 2.37. The Morgan fingerprint density at radius 1 is 1.35 bits per heavy atom. The second-order valence-electron chi connectivity index (χ2n) is 4.41. The molecule has 1 heterocycles. The van der Waals surface area contributed by atoms with E-state index in [1.165, 1.54) is 11.1 Å². The molecular weight excluding hydrogens is 260 g/mol. The molecule has 2 aromatic rings. The highest BCUT2D eigenvalue weighted by molar-refractivity contribution is 6.05. The van der Waals surface area contributed by atoms with Crippen molar-refractivity contribution in [2.24, 2.45) is 0 Å². The number of benzene rings is 1. The molecular formula is C14H16N2O4. The number of hydrogen-bond acceptors (Lipinski definition) is 5. The zero-order valence-electron chi connectivity index (χ0n) is 11.6. The van der Waals surface area contributed by atoms with Crippen LogP contribution < -0.4 is 15.8 Å². The fourth-order valence-electron chi connectivity index (χ4n) is 1.85. The van der Waals surface area contributed by atoms with Crippen molar-refractivity contribution in [1.82, 2.24) is 10.4 Å². The minimum Gasteiger partial charge on any atom is -0.494 e. The lowest BCUT2D eigenvalue weighted by Crippen LogP contribution is -2.36. The first kappa shape index (κ1) is 14.1. The van der Waals surface area contributed by atoms with Gasteiger partial charge < -0.3 is 9.15 Å². The van der Waals surface area contributed by atoms with Crippen molar-refractivity contribution in [1.29, 1.82) is 0 Å². The maximum absolute atomic E-state index is 12.1. The third-order valence-electron chi connectivity index (χ3n) is 2.60. The molecule has 20 heavy (non-hydrogen) atoms. The van der Waals surface area contributed by atoms with E-state index in [0.717, 1.165) is 0 Å². The van der Waals surface area contributed by atoms with Crippen molar-refractivity contribution in [3.05, 3.63) is 40.2 Å². The summed E-state index contributed by atoms with van der Waals surface area (Å²) >= 11 is 0. The predicted octanol–water partition coefficient (Wildman–Crippen LogP) is 1.40. The van der Waals surface area contributed by atoms with Crippen molar-refractivity contribution in [2.45, 2.75) is 6.92 Å². The molecule has 6 nitrogen and oxygen atoms in total. The Balaban J connectivity index is 2.55. The summed E-state index contributed by atoms with van der Waals surface area (Å²) in [5.41, 5.74) is 2.62. The van der Waals surface area contributed by atoms with Crippen LogP contribution >= 0.6 is 0 Å². The molecule has 0 aliphatic heterocycles. The lowest BCUT2D eigenvalue weighted by atomic mass is 10.1. The Hall–Kier alpha value is -2.34. The van der Waals surface area contributed by atoms with Gasteiger partial charge in [0.1, 0.15) is 11.3 Å². The maximum Gasteiger partial charge on any atom is 0.337 e. The van der Waals surface area contributed by atoms with E-state index in [2.05, 4.69) is 5.43 Å². The molecule has 106 valence electrons. The Morgan fingerprint density at radius 2 is 2.10 bits per heavy atom. The van der Waals surface area contributed by atoms with Gasteiger partial charge in [0.25, 0.3) is 5.91 Å². The predicted molar refractivity (Wildman–Crippen MR) is 74.8 cm³/mol. The molecule has 0 fully saturated rings. The van der Waals surface area contributed by atoms with Crippen LogP contribution in [0.3, 0.4) is 0 Å². The highest BCUT2D eigenvalue weighted by atomic mass is 16.5. The van der Waals surface area contributed by atoms with Gasteiger partial charge in [0.05, 0.1) is 12.2 Å². The Bertz CT molecular complexity index is 691. The number of fused-ring (bicyclic) bond motifs is 1. The van der Waals surface area contributed by atoms with Crippen LogP contribution in [0.15, 0.2) is 33.5 Å². The summed E-state index contributed by atoms with van der Waals surface area (Å²) in [6, 6.07) is 6.22. The summed E-state index contributed by atoms with van der Waals surface area (Å²) in [5, 5.41) is 2.07. The summed E-state index contributed by atoms with van der Waals surface area (Å²) in [7, 11) is 3.39. The molecule has 0 unspecified atom stereocenters. The van der Waals surface area contributed by atoms with Gasteiger partial charge in [-0.15, -0.1) is 0 Å². The monoisotopic (exact) mass is 276 g/mol. The van der Waals surface area contributed by atoms with E-state index in [-0.39, 0.29) is 11.5 Å². The Morgan fingerprint density at radius 3 is 2.75 bits per heavy atom. The van der Waals surface area contributed by atoms with E-state index in [0.29, 0.717) is 23.3 Å². The quantitative estimate of drug-likeness (QED) is 0.675. The van der Waals surface area contributed by atoms with E-state index < -0.39 is 5.63 Å². The van der Waals surface area contributed by atoms with Crippen LogP contribution in [0.4, 0.5) is 0 Å². The van der Waals surface area contributed by atoms with Crippen LogP contribution in [0.5, 0.6) is 5.75 Å². The molecule has 0 bridgehead atoms. The minimum atomic E-state index is -0.574. The van der Waals surface area contributed by atoms with Crippen LogP contribution in [0.2, 0.25) is 0 Å². The molecule has 0 aliphatic carbocycles. The standard InChI is InChI=1S/C14H16N2O4/c1-4-19-9-5-6-10-11(14(18)15-16(2)3)8-13(17)20-12(10)7-9/h5-8H,4H2,1-3H3,(H,15,18). The van der Waals surface area contributed by atoms with Crippen molar-refractivity contribution in [3.8, 4) is 5.75 Å². The largest absolute Gasteiger partial charge is 0.494 e. The molecule has 0 atom stereocenters. The molecule has 1 aromatic heterocycles.